The molecule has 1 atom stereocenters. The fraction of sp³-hybridized carbons (Fsp3) is 0.941. The Balaban J connectivity index is 1.56. The van der Waals surface area contributed by atoms with Gasteiger partial charge in [-0.25, -0.2) is 4.79 Å². The molecule has 5 nitrogen and oxygen atoms in total. The summed E-state index contributed by atoms with van der Waals surface area (Å²) in [6.45, 7) is 8.69. The van der Waals surface area contributed by atoms with Gasteiger partial charge in [0.25, 0.3) is 0 Å². The SMILES string of the molecule is CC(C)(C)OC(=O)N1CC2(C1)OCCNC2CC1CCCC1. The zero-order valence-corrected chi connectivity index (χ0v) is 14.2. The average molecular weight is 310 g/mol. The van der Waals surface area contributed by atoms with Crippen molar-refractivity contribution < 1.29 is 14.3 Å². The molecule has 0 aromatic carbocycles. The van der Waals surface area contributed by atoms with Crippen LogP contribution < -0.4 is 5.32 Å². The minimum absolute atomic E-state index is 0.183. The van der Waals surface area contributed by atoms with E-state index in [0.29, 0.717) is 19.1 Å². The van der Waals surface area contributed by atoms with Gasteiger partial charge in [0.1, 0.15) is 11.2 Å². The van der Waals surface area contributed by atoms with Gasteiger partial charge in [0, 0.05) is 12.6 Å². The molecule has 1 saturated carbocycles. The molecule has 0 aromatic heterocycles. The van der Waals surface area contributed by atoms with Crippen LogP contribution in [0.25, 0.3) is 0 Å². The van der Waals surface area contributed by atoms with E-state index in [9.17, 15) is 4.79 Å². The molecule has 5 heteroatoms. The van der Waals surface area contributed by atoms with Crippen molar-refractivity contribution in [2.24, 2.45) is 5.92 Å². The third kappa shape index (κ3) is 3.40. The van der Waals surface area contributed by atoms with Gasteiger partial charge in [0.2, 0.25) is 0 Å². The topological polar surface area (TPSA) is 50.8 Å². The van der Waals surface area contributed by atoms with Gasteiger partial charge in [-0.15, -0.1) is 0 Å². The monoisotopic (exact) mass is 310 g/mol. The number of rotatable bonds is 2. The molecule has 3 fully saturated rings. The quantitative estimate of drug-likeness (QED) is 0.851. The van der Waals surface area contributed by atoms with Crippen molar-refractivity contribution in [2.75, 3.05) is 26.2 Å². The minimum atomic E-state index is -0.436. The summed E-state index contributed by atoms with van der Waals surface area (Å²) in [5.74, 6) is 0.826. The molecule has 1 N–H and O–H groups in total. The number of nitrogens with one attached hydrogen (secondary N) is 1. The predicted molar refractivity (Wildman–Crippen MR) is 84.9 cm³/mol. The van der Waals surface area contributed by atoms with Gasteiger partial charge in [0.05, 0.1) is 19.7 Å². The number of nitrogens with zero attached hydrogens (tertiary/aromatic N) is 1. The number of morpholine rings is 1. The van der Waals surface area contributed by atoms with Gasteiger partial charge in [0.15, 0.2) is 0 Å². The first-order chi connectivity index (χ1) is 10.4. The Morgan fingerprint density at radius 3 is 2.64 bits per heavy atom. The number of ether oxygens (including phenoxy) is 2. The zero-order valence-electron chi connectivity index (χ0n) is 14.2. The van der Waals surface area contributed by atoms with Crippen molar-refractivity contribution in [3.8, 4) is 0 Å². The Labute approximate surface area is 133 Å². The molecule has 2 saturated heterocycles. The summed E-state index contributed by atoms with van der Waals surface area (Å²) in [5, 5.41) is 3.64. The van der Waals surface area contributed by atoms with E-state index in [1.54, 1.807) is 4.90 Å². The standard InChI is InChI=1S/C17H30N2O3/c1-16(2,3)22-15(20)19-11-17(12-19)14(18-8-9-21-17)10-13-6-4-5-7-13/h13-14,18H,4-12H2,1-3H3. The molecule has 1 amide bonds. The lowest BCUT2D eigenvalue weighted by atomic mass is 9.79. The van der Waals surface area contributed by atoms with Gasteiger partial charge in [-0.1, -0.05) is 25.7 Å². The van der Waals surface area contributed by atoms with Crippen molar-refractivity contribution in [2.45, 2.75) is 70.1 Å². The highest BCUT2D eigenvalue weighted by atomic mass is 16.6. The largest absolute Gasteiger partial charge is 0.444 e. The summed E-state index contributed by atoms with van der Waals surface area (Å²) in [4.78, 5) is 13.9. The van der Waals surface area contributed by atoms with E-state index < -0.39 is 5.60 Å². The van der Waals surface area contributed by atoms with Crippen LogP contribution in [0.1, 0.15) is 52.9 Å². The normalized spacial score (nSPS) is 28.7. The molecule has 0 radical (unpaired) electrons. The highest BCUT2D eigenvalue weighted by molar-refractivity contribution is 5.69. The zero-order chi connectivity index (χ0) is 15.8. The van der Waals surface area contributed by atoms with Crippen LogP contribution in [-0.4, -0.2) is 54.5 Å². The molecule has 0 aromatic rings. The molecule has 126 valence electrons. The van der Waals surface area contributed by atoms with Gasteiger partial charge in [-0.3, -0.25) is 0 Å². The van der Waals surface area contributed by atoms with E-state index in [1.807, 2.05) is 20.8 Å². The Morgan fingerprint density at radius 1 is 1.32 bits per heavy atom. The summed E-state index contributed by atoms with van der Waals surface area (Å²) >= 11 is 0. The molecule has 1 unspecified atom stereocenters. The van der Waals surface area contributed by atoms with Crippen LogP contribution in [0, 0.1) is 5.92 Å². The first kappa shape index (κ1) is 16.1. The second kappa shape index (κ2) is 6.00. The molecule has 1 spiro atoms. The number of hydrogen-bond donors (Lipinski definition) is 1. The van der Waals surface area contributed by atoms with Crippen molar-refractivity contribution in [3.05, 3.63) is 0 Å². The van der Waals surface area contributed by atoms with Crippen LogP contribution in [0.3, 0.4) is 0 Å². The van der Waals surface area contributed by atoms with Gasteiger partial charge in [-0.05, 0) is 33.1 Å². The molecule has 22 heavy (non-hydrogen) atoms. The molecular weight excluding hydrogens is 280 g/mol. The van der Waals surface area contributed by atoms with Gasteiger partial charge >= 0.3 is 6.09 Å². The lowest BCUT2D eigenvalue weighted by Gasteiger charge is -2.55. The fourth-order valence-corrected chi connectivity index (χ4v) is 4.02. The number of amides is 1. The Bertz CT molecular complexity index is 407. The highest BCUT2D eigenvalue weighted by Gasteiger charge is 2.54. The molecular formula is C17H30N2O3. The van der Waals surface area contributed by atoms with Crippen molar-refractivity contribution in [1.29, 1.82) is 0 Å². The average Bonchev–Trinajstić information content (AvgIpc) is 2.87. The summed E-state index contributed by atoms with van der Waals surface area (Å²) < 4.78 is 11.6. The number of likely N-dealkylation sites (tertiary alicyclic amines) is 1. The molecule has 1 aliphatic carbocycles. The second-order valence-corrected chi connectivity index (χ2v) is 8.14. The Morgan fingerprint density at radius 2 is 2.00 bits per heavy atom. The van der Waals surface area contributed by atoms with Crippen LogP contribution in [0.15, 0.2) is 0 Å². The Kier molecular flexibility index (Phi) is 4.38. The summed E-state index contributed by atoms with van der Waals surface area (Å²) in [6.07, 6.45) is 6.41. The van der Waals surface area contributed by atoms with Crippen molar-refractivity contribution >= 4 is 6.09 Å². The van der Waals surface area contributed by atoms with Crippen LogP contribution in [0.2, 0.25) is 0 Å². The maximum Gasteiger partial charge on any atom is 0.410 e. The maximum absolute atomic E-state index is 12.1. The fourth-order valence-electron chi connectivity index (χ4n) is 4.02. The lowest BCUT2D eigenvalue weighted by Crippen LogP contribution is -2.75. The van der Waals surface area contributed by atoms with Crippen LogP contribution >= 0.6 is 0 Å². The lowest BCUT2D eigenvalue weighted by molar-refractivity contribution is -0.177. The van der Waals surface area contributed by atoms with Crippen molar-refractivity contribution in [3.63, 3.8) is 0 Å². The van der Waals surface area contributed by atoms with E-state index in [2.05, 4.69) is 5.32 Å². The number of carbonyl (C=O) groups excluding carboxylic acids is 1. The maximum atomic E-state index is 12.1. The molecule has 2 aliphatic heterocycles. The van der Waals surface area contributed by atoms with E-state index in [4.69, 9.17) is 9.47 Å². The number of hydrogen-bond acceptors (Lipinski definition) is 4. The highest BCUT2D eigenvalue weighted by Crippen LogP contribution is 2.38. The van der Waals surface area contributed by atoms with E-state index in [-0.39, 0.29) is 11.7 Å². The second-order valence-electron chi connectivity index (χ2n) is 8.14. The van der Waals surface area contributed by atoms with Gasteiger partial charge < -0.3 is 19.7 Å². The smallest absolute Gasteiger partial charge is 0.410 e. The van der Waals surface area contributed by atoms with Crippen LogP contribution in [0.4, 0.5) is 4.79 Å². The van der Waals surface area contributed by atoms with Gasteiger partial charge in [-0.2, -0.15) is 0 Å². The molecule has 0 bridgehead atoms. The number of carbonyl (C=O) groups is 1. The molecule has 2 heterocycles. The first-order valence-corrected chi connectivity index (χ1v) is 8.73. The molecule has 3 rings (SSSR count). The summed E-state index contributed by atoms with van der Waals surface area (Å²) in [6, 6.07) is 0.378. The third-order valence-corrected chi connectivity index (χ3v) is 5.13. The van der Waals surface area contributed by atoms with E-state index in [1.165, 1.54) is 32.1 Å². The summed E-state index contributed by atoms with van der Waals surface area (Å²) in [7, 11) is 0. The van der Waals surface area contributed by atoms with E-state index >= 15 is 0 Å². The van der Waals surface area contributed by atoms with E-state index in [0.717, 1.165) is 19.1 Å². The van der Waals surface area contributed by atoms with Crippen LogP contribution in [-0.2, 0) is 9.47 Å². The minimum Gasteiger partial charge on any atom is -0.444 e. The third-order valence-electron chi connectivity index (χ3n) is 5.13. The van der Waals surface area contributed by atoms with Crippen molar-refractivity contribution in [1.82, 2.24) is 10.2 Å². The molecule has 3 aliphatic rings. The Hall–Kier alpha value is -0.810. The summed E-state index contributed by atoms with van der Waals surface area (Å²) in [5.41, 5.74) is -0.619. The predicted octanol–water partition coefficient (Wildman–Crippen LogP) is 2.54. The first-order valence-electron chi connectivity index (χ1n) is 8.73. The van der Waals surface area contributed by atoms with Crippen LogP contribution in [0.5, 0.6) is 0 Å².